The van der Waals surface area contributed by atoms with Crippen LogP contribution in [0, 0.1) is 0 Å². The van der Waals surface area contributed by atoms with E-state index in [1.807, 2.05) is 18.2 Å². The smallest absolute Gasteiger partial charge is 0.0601 e. The summed E-state index contributed by atoms with van der Waals surface area (Å²) in [6, 6.07) is 5.98. The van der Waals surface area contributed by atoms with Gasteiger partial charge in [0.05, 0.1) is 6.04 Å². The lowest BCUT2D eigenvalue weighted by atomic mass is 10.1. The fraction of sp³-hybridized carbons (Fsp3) is 0.538. The van der Waals surface area contributed by atoms with Crippen LogP contribution in [0.5, 0.6) is 0 Å². The number of hydrogen-bond donors (Lipinski definition) is 2. The van der Waals surface area contributed by atoms with Crippen molar-refractivity contribution < 1.29 is 0 Å². The third-order valence-electron chi connectivity index (χ3n) is 3.42. The Morgan fingerprint density at radius 1 is 1.37 bits per heavy atom. The first-order valence-corrected chi connectivity index (χ1v) is 7.62. The Kier molecular flexibility index (Phi) is 5.62. The summed E-state index contributed by atoms with van der Waals surface area (Å²) in [7, 11) is 2.14. The van der Waals surface area contributed by atoms with E-state index >= 15 is 0 Å². The van der Waals surface area contributed by atoms with E-state index in [0.717, 1.165) is 41.2 Å². The molecule has 6 heteroatoms. The Balaban J connectivity index is 2.03. The van der Waals surface area contributed by atoms with Crippen molar-refractivity contribution in [2.45, 2.75) is 6.04 Å². The monoisotopic (exact) mass is 346 g/mol. The van der Waals surface area contributed by atoms with Gasteiger partial charge >= 0.3 is 0 Å². The first-order chi connectivity index (χ1) is 9.10. The van der Waals surface area contributed by atoms with Gasteiger partial charge in [-0.05, 0) is 24.7 Å². The number of rotatable bonds is 4. The molecule has 1 heterocycles. The first-order valence-electron chi connectivity index (χ1n) is 6.45. The van der Waals surface area contributed by atoms with Crippen molar-refractivity contribution in [1.29, 1.82) is 0 Å². The molecule has 1 saturated heterocycles. The molecule has 0 radical (unpaired) electrons. The highest BCUT2D eigenvalue weighted by Crippen LogP contribution is 2.26. The molecule has 0 aromatic heterocycles. The quantitative estimate of drug-likeness (QED) is 0.872. The van der Waals surface area contributed by atoms with Crippen molar-refractivity contribution in [1.82, 2.24) is 15.3 Å². The Morgan fingerprint density at radius 3 is 2.63 bits per heavy atom. The van der Waals surface area contributed by atoms with Crippen LogP contribution in [0.15, 0.2) is 22.7 Å². The van der Waals surface area contributed by atoms with Gasteiger partial charge in [-0.25, -0.2) is 10.4 Å². The molecule has 1 atom stereocenters. The van der Waals surface area contributed by atoms with Crippen LogP contribution in [0.3, 0.4) is 0 Å². The molecule has 1 unspecified atom stereocenters. The summed E-state index contributed by atoms with van der Waals surface area (Å²) in [6.45, 7) is 4.66. The predicted octanol–water partition coefficient (Wildman–Crippen LogP) is 1.85. The van der Waals surface area contributed by atoms with Gasteiger partial charge in [-0.1, -0.05) is 33.6 Å². The largest absolute Gasteiger partial charge is 0.329 e. The highest BCUT2D eigenvalue weighted by atomic mass is 79.9. The minimum atomic E-state index is 0.0593. The van der Waals surface area contributed by atoms with Gasteiger partial charge in [0.2, 0.25) is 0 Å². The zero-order valence-corrected chi connectivity index (χ0v) is 13.4. The molecule has 19 heavy (non-hydrogen) atoms. The Labute approximate surface area is 128 Å². The van der Waals surface area contributed by atoms with Gasteiger partial charge in [-0.3, -0.25) is 0 Å². The molecule has 1 aliphatic rings. The van der Waals surface area contributed by atoms with Gasteiger partial charge in [0.1, 0.15) is 0 Å². The van der Waals surface area contributed by atoms with Crippen LogP contribution in [0.4, 0.5) is 0 Å². The topological polar surface area (TPSA) is 44.5 Å². The fourth-order valence-corrected chi connectivity index (χ4v) is 2.99. The molecule has 0 bridgehead atoms. The summed E-state index contributed by atoms with van der Waals surface area (Å²) < 4.78 is 0.983. The first kappa shape index (κ1) is 15.2. The van der Waals surface area contributed by atoms with E-state index in [0.29, 0.717) is 6.54 Å². The molecule has 0 amide bonds. The summed E-state index contributed by atoms with van der Waals surface area (Å²) in [5, 5.41) is 2.97. The second-order valence-corrected chi connectivity index (χ2v) is 6.20. The molecule has 0 spiro atoms. The number of benzene rings is 1. The second-order valence-electron chi connectivity index (χ2n) is 4.87. The summed E-state index contributed by atoms with van der Waals surface area (Å²) in [4.78, 5) is 2.32. The van der Waals surface area contributed by atoms with Crippen molar-refractivity contribution >= 4 is 27.5 Å². The third kappa shape index (κ3) is 4.15. The summed E-state index contributed by atoms with van der Waals surface area (Å²) in [6.07, 6.45) is 0. The molecule has 3 N–H and O–H groups in total. The molecule has 0 aliphatic carbocycles. The van der Waals surface area contributed by atoms with E-state index in [-0.39, 0.29) is 6.04 Å². The van der Waals surface area contributed by atoms with E-state index in [9.17, 15) is 0 Å². The van der Waals surface area contributed by atoms with Crippen LogP contribution < -0.4 is 11.2 Å². The molecule has 106 valence electrons. The molecule has 4 nitrogen and oxygen atoms in total. The van der Waals surface area contributed by atoms with Crippen LogP contribution in [0.1, 0.15) is 11.6 Å². The third-order valence-corrected chi connectivity index (χ3v) is 4.24. The van der Waals surface area contributed by atoms with E-state index in [4.69, 9.17) is 17.3 Å². The van der Waals surface area contributed by atoms with Gasteiger partial charge in [-0.2, -0.15) is 0 Å². The van der Waals surface area contributed by atoms with Crippen LogP contribution >= 0.6 is 27.5 Å². The van der Waals surface area contributed by atoms with Gasteiger partial charge in [0.15, 0.2) is 0 Å². The molecule has 1 aromatic rings. The number of piperazine rings is 1. The van der Waals surface area contributed by atoms with Crippen molar-refractivity contribution in [3.63, 3.8) is 0 Å². The normalized spacial score (nSPS) is 19.6. The number of nitrogens with zero attached hydrogens (tertiary/aromatic N) is 2. The number of halogens is 2. The number of nitrogens with one attached hydrogen (secondary N) is 1. The SMILES string of the molecule is CN1CCN(NC(CN)c2ccc(Br)cc2Cl)CC1. The maximum Gasteiger partial charge on any atom is 0.0601 e. The van der Waals surface area contributed by atoms with E-state index in [1.165, 1.54) is 0 Å². The zero-order chi connectivity index (χ0) is 13.8. The maximum atomic E-state index is 6.29. The number of likely N-dealkylation sites (N-methyl/N-ethyl adjacent to an activating group) is 1. The maximum absolute atomic E-state index is 6.29. The molecular weight excluding hydrogens is 328 g/mol. The van der Waals surface area contributed by atoms with Crippen LogP contribution in [0.25, 0.3) is 0 Å². The second kappa shape index (κ2) is 7.02. The van der Waals surface area contributed by atoms with Crippen molar-refractivity contribution in [3.05, 3.63) is 33.3 Å². The minimum Gasteiger partial charge on any atom is -0.329 e. The average Bonchev–Trinajstić information content (AvgIpc) is 2.39. The van der Waals surface area contributed by atoms with E-state index < -0.39 is 0 Å². The number of nitrogens with two attached hydrogens (primary N) is 1. The summed E-state index contributed by atoms with van der Waals surface area (Å²) in [5.74, 6) is 0. The molecule has 1 aromatic carbocycles. The minimum absolute atomic E-state index is 0.0593. The lowest BCUT2D eigenvalue weighted by Crippen LogP contribution is -2.52. The Hall–Kier alpha value is -0.170. The standard InChI is InChI=1S/C13H20BrClN4/c1-18-4-6-19(7-5-18)17-13(9-16)11-3-2-10(14)8-12(11)15/h2-3,8,13,17H,4-7,9,16H2,1H3. The van der Waals surface area contributed by atoms with Crippen molar-refractivity contribution in [2.75, 3.05) is 39.8 Å². The van der Waals surface area contributed by atoms with Gasteiger partial charge in [0, 0.05) is 42.2 Å². The average molecular weight is 348 g/mol. The van der Waals surface area contributed by atoms with Gasteiger partial charge < -0.3 is 10.6 Å². The number of hydrogen-bond acceptors (Lipinski definition) is 4. The Bertz CT molecular complexity index is 421. The fourth-order valence-electron chi connectivity index (χ4n) is 2.19. The Morgan fingerprint density at radius 2 is 2.05 bits per heavy atom. The molecule has 2 rings (SSSR count). The van der Waals surface area contributed by atoms with Gasteiger partial charge in [0.25, 0.3) is 0 Å². The molecule has 1 fully saturated rings. The number of hydrazine groups is 1. The highest BCUT2D eigenvalue weighted by molar-refractivity contribution is 9.10. The summed E-state index contributed by atoms with van der Waals surface area (Å²) in [5.41, 5.74) is 10.4. The summed E-state index contributed by atoms with van der Waals surface area (Å²) >= 11 is 9.71. The van der Waals surface area contributed by atoms with Crippen LogP contribution in [-0.4, -0.2) is 49.7 Å². The van der Waals surface area contributed by atoms with Crippen molar-refractivity contribution in [3.8, 4) is 0 Å². The lowest BCUT2D eigenvalue weighted by molar-refractivity contribution is 0.0880. The molecule has 1 aliphatic heterocycles. The highest BCUT2D eigenvalue weighted by Gasteiger charge is 2.19. The van der Waals surface area contributed by atoms with Gasteiger partial charge in [-0.15, -0.1) is 0 Å². The van der Waals surface area contributed by atoms with Crippen LogP contribution in [0.2, 0.25) is 5.02 Å². The predicted molar refractivity (Wildman–Crippen MR) is 83.2 cm³/mol. The van der Waals surface area contributed by atoms with E-state index in [1.54, 1.807) is 0 Å². The lowest BCUT2D eigenvalue weighted by Gasteiger charge is -2.35. The molecule has 0 saturated carbocycles. The van der Waals surface area contributed by atoms with Crippen molar-refractivity contribution in [2.24, 2.45) is 5.73 Å². The van der Waals surface area contributed by atoms with E-state index in [2.05, 4.69) is 38.3 Å². The molecular formula is C13H20BrClN4. The zero-order valence-electron chi connectivity index (χ0n) is 11.1. The van der Waals surface area contributed by atoms with Crippen LogP contribution in [-0.2, 0) is 0 Å².